The molecule has 0 spiro atoms. The maximum Gasteiger partial charge on any atom is 0.265 e. The lowest BCUT2D eigenvalue weighted by molar-refractivity contribution is -0.121. The minimum Gasteiger partial charge on any atom is -0.497 e. The Kier molecular flexibility index (Phi) is 5.41. The van der Waals surface area contributed by atoms with Crippen LogP contribution in [-0.4, -0.2) is 33.5 Å². The van der Waals surface area contributed by atoms with Crippen molar-refractivity contribution in [3.63, 3.8) is 0 Å². The Morgan fingerprint density at radius 1 is 1.19 bits per heavy atom. The molecule has 1 saturated carbocycles. The molecule has 1 fully saturated rings. The van der Waals surface area contributed by atoms with Crippen LogP contribution in [0.2, 0.25) is 0 Å². The summed E-state index contributed by atoms with van der Waals surface area (Å²) in [5.41, 5.74) is 1.25. The van der Waals surface area contributed by atoms with E-state index >= 15 is 0 Å². The number of ether oxygens (including phenoxy) is 1. The van der Waals surface area contributed by atoms with Crippen LogP contribution in [0.3, 0.4) is 0 Å². The molecule has 1 atom stereocenters. The molecule has 2 aromatic rings. The van der Waals surface area contributed by atoms with Crippen LogP contribution < -0.4 is 14.4 Å². The van der Waals surface area contributed by atoms with E-state index in [-0.39, 0.29) is 16.8 Å². The predicted octanol–water partition coefficient (Wildman–Crippen LogP) is 2.87. The summed E-state index contributed by atoms with van der Waals surface area (Å²) in [6.07, 6.45) is 1.87. The number of hydrogen-bond donors (Lipinski definition) is 1. The van der Waals surface area contributed by atoms with Gasteiger partial charge in [-0.15, -0.1) is 0 Å². The fourth-order valence-electron chi connectivity index (χ4n) is 2.84. The molecule has 1 aliphatic rings. The average molecular weight is 388 g/mol. The molecule has 1 N–H and O–H groups in total. The zero-order valence-corrected chi connectivity index (χ0v) is 16.5. The van der Waals surface area contributed by atoms with Crippen LogP contribution in [0.25, 0.3) is 0 Å². The van der Waals surface area contributed by atoms with Gasteiger partial charge in [0.15, 0.2) is 0 Å². The number of carbonyl (C=O) groups is 1. The first-order valence-electron chi connectivity index (χ1n) is 8.88. The summed E-state index contributed by atoms with van der Waals surface area (Å²) >= 11 is 0. The van der Waals surface area contributed by atoms with Crippen molar-refractivity contribution >= 4 is 21.6 Å². The Balaban J connectivity index is 2.03. The minimum atomic E-state index is -3.92. The molecule has 0 unspecified atom stereocenters. The van der Waals surface area contributed by atoms with Crippen LogP contribution in [0.5, 0.6) is 5.75 Å². The van der Waals surface area contributed by atoms with Gasteiger partial charge in [-0.25, -0.2) is 8.42 Å². The molecule has 0 radical (unpaired) electrons. The smallest absolute Gasteiger partial charge is 0.265 e. The minimum absolute atomic E-state index is 0.152. The first-order chi connectivity index (χ1) is 12.8. The van der Waals surface area contributed by atoms with E-state index in [4.69, 9.17) is 4.74 Å². The molecule has 1 amide bonds. The molecule has 0 bridgehead atoms. The molecule has 3 rings (SSSR count). The van der Waals surface area contributed by atoms with E-state index in [1.807, 2.05) is 13.0 Å². The highest BCUT2D eigenvalue weighted by Gasteiger charge is 2.35. The Bertz CT molecular complexity index is 921. The molecule has 7 heteroatoms. The molecule has 0 aliphatic heterocycles. The zero-order chi connectivity index (χ0) is 19.6. The van der Waals surface area contributed by atoms with Gasteiger partial charge in [-0.2, -0.15) is 0 Å². The van der Waals surface area contributed by atoms with Crippen molar-refractivity contribution in [3.05, 3.63) is 54.1 Å². The molecule has 0 heterocycles. The average Bonchev–Trinajstić information content (AvgIpc) is 3.46. The normalized spacial score (nSPS) is 15.1. The summed E-state index contributed by atoms with van der Waals surface area (Å²) in [4.78, 5) is 12.8. The third-order valence-corrected chi connectivity index (χ3v) is 6.42. The number of nitrogens with zero attached hydrogens (tertiary/aromatic N) is 1. The van der Waals surface area contributed by atoms with Gasteiger partial charge in [0.05, 0.1) is 17.7 Å². The SMILES string of the molecule is COc1ccc(N([C@H](C)C(=O)NC2CC2)S(=O)(=O)c2cccc(C)c2)cc1. The number of benzene rings is 2. The number of methoxy groups -OCH3 is 1. The van der Waals surface area contributed by atoms with Gasteiger partial charge < -0.3 is 10.1 Å². The van der Waals surface area contributed by atoms with Gasteiger partial charge in [0.1, 0.15) is 11.8 Å². The van der Waals surface area contributed by atoms with Crippen LogP contribution in [-0.2, 0) is 14.8 Å². The number of carbonyl (C=O) groups excluding carboxylic acids is 1. The second kappa shape index (κ2) is 7.60. The monoisotopic (exact) mass is 388 g/mol. The largest absolute Gasteiger partial charge is 0.497 e. The Morgan fingerprint density at radius 3 is 2.41 bits per heavy atom. The number of amides is 1. The molecule has 0 aromatic heterocycles. The highest BCUT2D eigenvalue weighted by atomic mass is 32.2. The van der Waals surface area contributed by atoms with Gasteiger partial charge in [0, 0.05) is 6.04 Å². The van der Waals surface area contributed by atoms with Gasteiger partial charge in [0.25, 0.3) is 10.0 Å². The second-order valence-corrected chi connectivity index (χ2v) is 8.59. The van der Waals surface area contributed by atoms with E-state index in [1.165, 1.54) is 4.31 Å². The highest BCUT2D eigenvalue weighted by molar-refractivity contribution is 7.93. The molecular weight excluding hydrogens is 364 g/mol. The molecule has 6 nitrogen and oxygen atoms in total. The van der Waals surface area contributed by atoms with Crippen LogP contribution in [0.4, 0.5) is 5.69 Å². The number of hydrogen-bond acceptors (Lipinski definition) is 4. The summed E-state index contributed by atoms with van der Waals surface area (Å²) in [6.45, 7) is 3.44. The van der Waals surface area contributed by atoms with Crippen LogP contribution >= 0.6 is 0 Å². The molecular formula is C20H24N2O4S. The lowest BCUT2D eigenvalue weighted by Crippen LogP contribution is -2.48. The molecule has 0 saturated heterocycles. The van der Waals surface area contributed by atoms with Crippen molar-refractivity contribution in [2.24, 2.45) is 0 Å². The summed E-state index contributed by atoms with van der Waals surface area (Å²) in [7, 11) is -2.38. The Morgan fingerprint density at radius 2 is 1.85 bits per heavy atom. The first-order valence-corrected chi connectivity index (χ1v) is 10.3. The van der Waals surface area contributed by atoms with E-state index in [2.05, 4.69) is 5.32 Å². The summed E-state index contributed by atoms with van der Waals surface area (Å²) in [5, 5.41) is 2.89. The fourth-order valence-corrected chi connectivity index (χ4v) is 4.57. The molecule has 144 valence electrons. The van der Waals surface area contributed by atoms with Crippen LogP contribution in [0, 0.1) is 6.92 Å². The lowest BCUT2D eigenvalue weighted by atomic mass is 10.2. The van der Waals surface area contributed by atoms with E-state index in [0.717, 1.165) is 18.4 Å². The van der Waals surface area contributed by atoms with Crippen molar-refractivity contribution in [1.82, 2.24) is 5.32 Å². The first kappa shape index (κ1) is 19.2. The van der Waals surface area contributed by atoms with Crippen LogP contribution in [0.1, 0.15) is 25.3 Å². The van der Waals surface area contributed by atoms with Crippen molar-refractivity contribution < 1.29 is 17.9 Å². The summed E-state index contributed by atoms with van der Waals surface area (Å²) < 4.78 is 33.1. The number of aryl methyl sites for hydroxylation is 1. The third-order valence-electron chi connectivity index (χ3n) is 4.53. The topological polar surface area (TPSA) is 75.7 Å². The third kappa shape index (κ3) is 4.24. The van der Waals surface area contributed by atoms with Gasteiger partial charge in [-0.3, -0.25) is 9.10 Å². The van der Waals surface area contributed by atoms with Crippen molar-refractivity contribution in [3.8, 4) is 5.75 Å². The van der Waals surface area contributed by atoms with E-state index in [9.17, 15) is 13.2 Å². The maximum absolute atomic E-state index is 13.4. The fraction of sp³-hybridized carbons (Fsp3) is 0.350. The summed E-state index contributed by atoms with van der Waals surface area (Å²) in [6, 6.07) is 12.6. The number of nitrogens with one attached hydrogen (secondary N) is 1. The molecule has 2 aromatic carbocycles. The van der Waals surface area contributed by atoms with Crippen molar-refractivity contribution in [2.75, 3.05) is 11.4 Å². The quantitative estimate of drug-likeness (QED) is 0.791. The number of sulfonamides is 1. The predicted molar refractivity (Wildman–Crippen MR) is 104 cm³/mol. The van der Waals surface area contributed by atoms with Gasteiger partial charge in [-0.1, -0.05) is 12.1 Å². The number of anilines is 1. The van der Waals surface area contributed by atoms with E-state index in [0.29, 0.717) is 11.4 Å². The Hall–Kier alpha value is -2.54. The van der Waals surface area contributed by atoms with Crippen molar-refractivity contribution in [1.29, 1.82) is 0 Å². The van der Waals surface area contributed by atoms with Gasteiger partial charge in [0.2, 0.25) is 5.91 Å². The zero-order valence-electron chi connectivity index (χ0n) is 15.7. The van der Waals surface area contributed by atoms with Crippen molar-refractivity contribution in [2.45, 2.75) is 43.7 Å². The van der Waals surface area contributed by atoms with Gasteiger partial charge in [-0.05, 0) is 68.7 Å². The Labute approximate surface area is 160 Å². The number of rotatable bonds is 7. The lowest BCUT2D eigenvalue weighted by Gasteiger charge is -2.30. The van der Waals surface area contributed by atoms with E-state index in [1.54, 1.807) is 56.5 Å². The molecule has 1 aliphatic carbocycles. The summed E-state index contributed by atoms with van der Waals surface area (Å²) in [5.74, 6) is 0.311. The standard InChI is InChI=1S/C20H24N2O4S/c1-14-5-4-6-19(13-14)27(24,25)22(15(2)20(23)21-16-7-8-16)17-9-11-18(26-3)12-10-17/h4-6,9-13,15-16H,7-8H2,1-3H3,(H,21,23)/t15-/m1/s1. The highest BCUT2D eigenvalue weighted by Crippen LogP contribution is 2.29. The van der Waals surface area contributed by atoms with Gasteiger partial charge >= 0.3 is 0 Å². The van der Waals surface area contributed by atoms with Crippen LogP contribution in [0.15, 0.2) is 53.4 Å². The maximum atomic E-state index is 13.4. The van der Waals surface area contributed by atoms with E-state index < -0.39 is 16.1 Å². The second-order valence-electron chi connectivity index (χ2n) is 6.77. The molecule has 27 heavy (non-hydrogen) atoms.